The van der Waals surface area contributed by atoms with Gasteiger partial charge in [0, 0.05) is 36.9 Å². The fourth-order valence-electron chi connectivity index (χ4n) is 5.20. The number of rotatable bonds is 5. The highest BCUT2D eigenvalue weighted by atomic mass is 15.1. The Balaban J connectivity index is 1.64. The van der Waals surface area contributed by atoms with Crippen molar-refractivity contribution in [3.63, 3.8) is 0 Å². The molecule has 2 heteroatoms. The summed E-state index contributed by atoms with van der Waals surface area (Å²) in [4.78, 5) is 2.15. The van der Waals surface area contributed by atoms with Gasteiger partial charge in [0.2, 0.25) is 0 Å². The summed E-state index contributed by atoms with van der Waals surface area (Å²) in [5.41, 5.74) is 7.61. The van der Waals surface area contributed by atoms with Crippen LogP contribution in [0.25, 0.3) is 16.3 Å². The monoisotopic (exact) mass is 434 g/mol. The Labute approximate surface area is 198 Å². The number of nitrogens with one attached hydrogen (secondary N) is 1. The van der Waals surface area contributed by atoms with Gasteiger partial charge >= 0.3 is 0 Å². The second kappa shape index (κ2) is 9.70. The zero-order chi connectivity index (χ0) is 22.6. The van der Waals surface area contributed by atoms with E-state index in [0.29, 0.717) is 6.04 Å². The van der Waals surface area contributed by atoms with Gasteiger partial charge in [-0.15, -0.1) is 0 Å². The molecular weight excluding hydrogens is 400 g/mol. The van der Waals surface area contributed by atoms with Crippen molar-refractivity contribution in [1.82, 2.24) is 0 Å². The maximum absolute atomic E-state index is 3.88. The Morgan fingerprint density at radius 2 is 1.48 bits per heavy atom. The average molecular weight is 435 g/mol. The summed E-state index contributed by atoms with van der Waals surface area (Å²) in [5, 5.41) is 6.50. The van der Waals surface area contributed by atoms with E-state index in [2.05, 4.69) is 109 Å². The molecule has 5 rings (SSSR count). The first kappa shape index (κ1) is 21.6. The number of fused-ring (bicyclic) bond motifs is 1. The van der Waals surface area contributed by atoms with E-state index in [4.69, 9.17) is 0 Å². The normalized spacial score (nSPS) is 16.2. The van der Waals surface area contributed by atoms with Crippen LogP contribution in [0.3, 0.4) is 0 Å². The minimum absolute atomic E-state index is 0.591. The van der Waals surface area contributed by atoms with Crippen LogP contribution in [0.5, 0.6) is 0 Å². The highest BCUT2D eigenvalue weighted by molar-refractivity contribution is 6.04. The quantitative estimate of drug-likeness (QED) is 0.438. The van der Waals surface area contributed by atoms with E-state index in [-0.39, 0.29) is 0 Å². The molecule has 2 aliphatic rings. The molecule has 1 saturated carbocycles. The summed E-state index contributed by atoms with van der Waals surface area (Å²) in [6.45, 7) is 0. The topological polar surface area (TPSA) is 15.3 Å². The molecule has 0 spiro atoms. The van der Waals surface area contributed by atoms with Crippen LogP contribution in [0.2, 0.25) is 0 Å². The van der Waals surface area contributed by atoms with Crippen LogP contribution in [-0.2, 0) is 0 Å². The summed E-state index contributed by atoms with van der Waals surface area (Å²) in [6.07, 6.45) is 16.7. The van der Waals surface area contributed by atoms with Crippen molar-refractivity contribution < 1.29 is 0 Å². The number of nitrogens with zero attached hydrogens (tertiary/aromatic N) is 1. The van der Waals surface area contributed by atoms with Crippen molar-refractivity contribution in [1.29, 1.82) is 0 Å². The molecule has 2 aliphatic carbocycles. The Morgan fingerprint density at radius 3 is 2.18 bits per heavy atom. The minimum Gasteiger partial charge on any atom is -0.382 e. The van der Waals surface area contributed by atoms with Gasteiger partial charge in [-0.1, -0.05) is 86.0 Å². The first-order valence-corrected chi connectivity index (χ1v) is 12.3. The molecule has 1 N–H and O–H groups in total. The number of benzene rings is 3. The van der Waals surface area contributed by atoms with Crippen molar-refractivity contribution >= 4 is 27.7 Å². The standard InChI is InChI=1S/C31H34N2/c1-33(2)26-19-17-24(18-20-26)31(23-11-5-3-6-12-23)29-21-22-30(28-16-10-9-15-27(28)29)32-25-13-7-4-8-14-25/h5-6,9-12,15-22,25,32H,3-4,7-8,13-14H2,1-2H3. The molecule has 168 valence electrons. The van der Waals surface area contributed by atoms with Crippen LogP contribution < -0.4 is 10.2 Å². The third-order valence-electron chi connectivity index (χ3n) is 6.99. The second-order valence-corrected chi connectivity index (χ2v) is 9.50. The smallest absolute Gasteiger partial charge is 0.0422 e. The van der Waals surface area contributed by atoms with Gasteiger partial charge in [0.25, 0.3) is 0 Å². The molecule has 0 amide bonds. The van der Waals surface area contributed by atoms with Crippen molar-refractivity contribution in [2.24, 2.45) is 0 Å². The summed E-state index contributed by atoms with van der Waals surface area (Å²) in [6, 6.07) is 23.1. The fraction of sp³-hybridized carbons (Fsp3) is 0.290. The zero-order valence-electron chi connectivity index (χ0n) is 19.9. The molecule has 0 saturated heterocycles. The fourth-order valence-corrected chi connectivity index (χ4v) is 5.20. The van der Waals surface area contributed by atoms with Crippen LogP contribution >= 0.6 is 0 Å². The molecule has 3 aromatic rings. The highest BCUT2D eigenvalue weighted by Gasteiger charge is 2.18. The molecule has 2 nitrogen and oxygen atoms in total. The summed E-state index contributed by atoms with van der Waals surface area (Å²) < 4.78 is 0. The molecule has 3 aromatic carbocycles. The van der Waals surface area contributed by atoms with Gasteiger partial charge in [0.1, 0.15) is 0 Å². The second-order valence-electron chi connectivity index (χ2n) is 9.50. The van der Waals surface area contributed by atoms with Gasteiger partial charge in [-0.3, -0.25) is 0 Å². The predicted octanol–water partition coefficient (Wildman–Crippen LogP) is 7.97. The molecule has 0 radical (unpaired) electrons. The van der Waals surface area contributed by atoms with E-state index in [1.54, 1.807) is 0 Å². The van der Waals surface area contributed by atoms with E-state index >= 15 is 0 Å². The summed E-state index contributed by atoms with van der Waals surface area (Å²) in [7, 11) is 4.18. The van der Waals surface area contributed by atoms with Gasteiger partial charge in [-0.2, -0.15) is 0 Å². The molecule has 0 aromatic heterocycles. The molecule has 0 unspecified atom stereocenters. The van der Waals surface area contributed by atoms with Gasteiger partial charge in [0.15, 0.2) is 0 Å². The van der Waals surface area contributed by atoms with Gasteiger partial charge < -0.3 is 10.2 Å². The van der Waals surface area contributed by atoms with Crippen molar-refractivity contribution in [2.45, 2.75) is 44.6 Å². The Bertz CT molecular complexity index is 1190. The molecule has 0 aliphatic heterocycles. The van der Waals surface area contributed by atoms with Crippen LogP contribution in [0.1, 0.15) is 49.7 Å². The SMILES string of the molecule is CN(C)c1ccc(C(=C2C=CCC=C2)c2ccc(NC3CCCCC3)c3ccccc23)cc1. The lowest BCUT2D eigenvalue weighted by molar-refractivity contribution is 0.463. The maximum Gasteiger partial charge on any atom is 0.0422 e. The molecule has 1 fully saturated rings. The number of hydrogen-bond donors (Lipinski definition) is 1. The van der Waals surface area contributed by atoms with Crippen LogP contribution in [-0.4, -0.2) is 20.1 Å². The first-order chi connectivity index (χ1) is 16.2. The van der Waals surface area contributed by atoms with Crippen LogP contribution in [0.4, 0.5) is 11.4 Å². The molecule has 0 heterocycles. The lowest BCUT2D eigenvalue weighted by Gasteiger charge is -2.25. The largest absolute Gasteiger partial charge is 0.382 e. The van der Waals surface area contributed by atoms with Gasteiger partial charge in [-0.05, 0) is 65.1 Å². The lowest BCUT2D eigenvalue weighted by atomic mass is 9.87. The summed E-state index contributed by atoms with van der Waals surface area (Å²) >= 11 is 0. The number of hydrogen-bond acceptors (Lipinski definition) is 2. The Morgan fingerprint density at radius 1 is 0.788 bits per heavy atom. The zero-order valence-corrected chi connectivity index (χ0v) is 19.9. The third kappa shape index (κ3) is 4.61. The Hall–Kier alpha value is -3.26. The average Bonchev–Trinajstić information content (AvgIpc) is 2.87. The van der Waals surface area contributed by atoms with Crippen LogP contribution in [0, 0.1) is 0 Å². The molecule has 0 atom stereocenters. The van der Waals surface area contributed by atoms with E-state index in [1.807, 2.05) is 0 Å². The number of allylic oxidation sites excluding steroid dienone is 5. The highest BCUT2D eigenvalue weighted by Crippen LogP contribution is 2.38. The van der Waals surface area contributed by atoms with E-state index < -0.39 is 0 Å². The minimum atomic E-state index is 0.591. The molecular formula is C31H34N2. The van der Waals surface area contributed by atoms with E-state index in [9.17, 15) is 0 Å². The van der Waals surface area contributed by atoms with Crippen molar-refractivity contribution in [2.75, 3.05) is 24.3 Å². The van der Waals surface area contributed by atoms with E-state index in [0.717, 1.165) is 6.42 Å². The first-order valence-electron chi connectivity index (χ1n) is 12.3. The van der Waals surface area contributed by atoms with Crippen LogP contribution in [0.15, 0.2) is 90.5 Å². The number of anilines is 2. The maximum atomic E-state index is 3.88. The van der Waals surface area contributed by atoms with Crippen molar-refractivity contribution in [3.8, 4) is 0 Å². The molecule has 33 heavy (non-hydrogen) atoms. The summed E-state index contributed by atoms with van der Waals surface area (Å²) in [5.74, 6) is 0. The van der Waals surface area contributed by atoms with Gasteiger partial charge in [0.05, 0.1) is 0 Å². The van der Waals surface area contributed by atoms with Crippen molar-refractivity contribution in [3.05, 3.63) is 102 Å². The van der Waals surface area contributed by atoms with Gasteiger partial charge in [-0.25, -0.2) is 0 Å². The Kier molecular flexibility index (Phi) is 6.35. The third-order valence-corrected chi connectivity index (χ3v) is 6.99. The molecule has 0 bridgehead atoms. The van der Waals surface area contributed by atoms with E-state index in [1.165, 1.54) is 76.5 Å². The predicted molar refractivity (Wildman–Crippen MR) is 144 cm³/mol. The lowest BCUT2D eigenvalue weighted by Crippen LogP contribution is -2.22.